The van der Waals surface area contributed by atoms with Gasteiger partial charge in [0, 0.05) is 18.9 Å². The summed E-state index contributed by atoms with van der Waals surface area (Å²) in [6.45, 7) is 0.716. The van der Waals surface area contributed by atoms with E-state index in [9.17, 15) is 14.0 Å². The summed E-state index contributed by atoms with van der Waals surface area (Å²) < 4.78 is 15.2. The molecule has 8 heteroatoms. The minimum absolute atomic E-state index is 0.268. The standard InChI is InChI=1S/C13H13FN4O3/c14-10-4-1-3-9(12(19)20)11(10)17-13(21)15-6-8-18-7-2-5-16-18/h1-5,7H,6,8H2,(H,19,20)(H2,15,17,21). The Bertz CT molecular complexity index is 643. The number of amides is 2. The fraction of sp³-hybridized carbons (Fsp3) is 0.154. The van der Waals surface area contributed by atoms with E-state index in [4.69, 9.17) is 5.11 Å². The van der Waals surface area contributed by atoms with Crippen molar-refractivity contribution in [1.29, 1.82) is 0 Å². The molecule has 0 saturated carbocycles. The van der Waals surface area contributed by atoms with Gasteiger partial charge in [-0.3, -0.25) is 4.68 Å². The van der Waals surface area contributed by atoms with Crippen LogP contribution in [0.4, 0.5) is 14.9 Å². The Morgan fingerprint density at radius 3 is 2.81 bits per heavy atom. The van der Waals surface area contributed by atoms with E-state index in [1.807, 2.05) is 0 Å². The maximum absolute atomic E-state index is 13.6. The molecule has 0 atom stereocenters. The maximum atomic E-state index is 13.6. The van der Waals surface area contributed by atoms with Gasteiger partial charge >= 0.3 is 12.0 Å². The Balaban J connectivity index is 1.95. The summed E-state index contributed by atoms with van der Waals surface area (Å²) >= 11 is 0. The van der Waals surface area contributed by atoms with Crippen molar-refractivity contribution in [3.8, 4) is 0 Å². The second-order valence-electron chi connectivity index (χ2n) is 4.12. The van der Waals surface area contributed by atoms with Crippen molar-refractivity contribution < 1.29 is 19.1 Å². The number of para-hydroxylation sites is 1. The lowest BCUT2D eigenvalue weighted by Crippen LogP contribution is -2.32. The number of benzene rings is 1. The molecule has 0 aliphatic heterocycles. The number of aromatic carboxylic acids is 1. The summed E-state index contributed by atoms with van der Waals surface area (Å²) in [7, 11) is 0. The van der Waals surface area contributed by atoms with Crippen LogP contribution in [-0.4, -0.2) is 33.4 Å². The summed E-state index contributed by atoms with van der Waals surface area (Å²) in [6.07, 6.45) is 3.34. The summed E-state index contributed by atoms with van der Waals surface area (Å²) in [5, 5.41) is 17.6. The van der Waals surface area contributed by atoms with Crippen LogP contribution in [0.25, 0.3) is 0 Å². The van der Waals surface area contributed by atoms with Crippen molar-refractivity contribution in [2.75, 3.05) is 11.9 Å². The molecular formula is C13H13FN4O3. The molecule has 3 N–H and O–H groups in total. The van der Waals surface area contributed by atoms with E-state index < -0.39 is 17.8 Å². The number of carbonyl (C=O) groups is 2. The molecule has 0 bridgehead atoms. The molecule has 2 aromatic rings. The van der Waals surface area contributed by atoms with Gasteiger partial charge in [-0.25, -0.2) is 14.0 Å². The molecule has 0 aliphatic rings. The molecule has 0 saturated heterocycles. The Labute approximate surface area is 119 Å². The molecule has 21 heavy (non-hydrogen) atoms. The van der Waals surface area contributed by atoms with Crippen LogP contribution >= 0.6 is 0 Å². The predicted molar refractivity (Wildman–Crippen MR) is 72.6 cm³/mol. The number of halogens is 1. The fourth-order valence-corrected chi connectivity index (χ4v) is 1.70. The highest BCUT2D eigenvalue weighted by molar-refractivity contribution is 6.00. The van der Waals surface area contributed by atoms with Gasteiger partial charge < -0.3 is 15.7 Å². The molecule has 0 radical (unpaired) electrons. The van der Waals surface area contributed by atoms with Crippen LogP contribution in [0.15, 0.2) is 36.7 Å². The number of rotatable bonds is 5. The number of carbonyl (C=O) groups excluding carboxylic acids is 1. The molecule has 110 valence electrons. The Kier molecular flexibility index (Phi) is 4.50. The molecule has 2 amide bonds. The molecule has 7 nitrogen and oxygen atoms in total. The molecule has 1 heterocycles. The van der Waals surface area contributed by atoms with E-state index in [-0.39, 0.29) is 17.8 Å². The monoisotopic (exact) mass is 292 g/mol. The molecule has 1 aromatic carbocycles. The normalized spacial score (nSPS) is 10.1. The highest BCUT2D eigenvalue weighted by Gasteiger charge is 2.16. The minimum atomic E-state index is -1.32. The zero-order valence-corrected chi connectivity index (χ0v) is 10.9. The van der Waals surface area contributed by atoms with Crippen LogP contribution in [0.3, 0.4) is 0 Å². The van der Waals surface area contributed by atoms with Crippen molar-refractivity contribution in [2.45, 2.75) is 6.54 Å². The summed E-state index contributed by atoms with van der Waals surface area (Å²) in [5.74, 6) is -2.13. The number of hydrogen-bond donors (Lipinski definition) is 3. The third-order valence-electron chi connectivity index (χ3n) is 2.67. The molecule has 2 rings (SSSR count). The van der Waals surface area contributed by atoms with E-state index in [1.54, 1.807) is 23.1 Å². The van der Waals surface area contributed by atoms with Gasteiger partial charge in [0.2, 0.25) is 0 Å². The minimum Gasteiger partial charge on any atom is -0.478 e. The lowest BCUT2D eigenvalue weighted by molar-refractivity contribution is 0.0697. The first-order chi connectivity index (χ1) is 10.1. The van der Waals surface area contributed by atoms with Gasteiger partial charge in [0.05, 0.1) is 17.8 Å². The Morgan fingerprint density at radius 1 is 1.33 bits per heavy atom. The SMILES string of the molecule is O=C(NCCn1cccn1)Nc1c(F)cccc1C(=O)O. The second-order valence-corrected chi connectivity index (χ2v) is 4.12. The van der Waals surface area contributed by atoms with Crippen LogP contribution in [-0.2, 0) is 6.54 Å². The number of nitrogens with zero attached hydrogens (tertiary/aromatic N) is 2. The number of anilines is 1. The van der Waals surface area contributed by atoms with E-state index in [2.05, 4.69) is 15.7 Å². The van der Waals surface area contributed by atoms with Crippen molar-refractivity contribution in [3.63, 3.8) is 0 Å². The largest absolute Gasteiger partial charge is 0.478 e. The van der Waals surface area contributed by atoms with Crippen LogP contribution < -0.4 is 10.6 Å². The van der Waals surface area contributed by atoms with Crippen molar-refractivity contribution in [1.82, 2.24) is 15.1 Å². The topological polar surface area (TPSA) is 96.3 Å². The van der Waals surface area contributed by atoms with Crippen molar-refractivity contribution >= 4 is 17.7 Å². The summed E-state index contributed by atoms with van der Waals surface area (Å²) in [5.41, 5.74) is -0.668. The van der Waals surface area contributed by atoms with Gasteiger partial charge in [-0.05, 0) is 18.2 Å². The lowest BCUT2D eigenvalue weighted by atomic mass is 10.1. The average molecular weight is 292 g/mol. The third kappa shape index (κ3) is 3.78. The van der Waals surface area contributed by atoms with Crippen LogP contribution in [0, 0.1) is 5.82 Å². The zero-order valence-electron chi connectivity index (χ0n) is 10.9. The van der Waals surface area contributed by atoms with Crippen molar-refractivity contribution in [3.05, 3.63) is 48.0 Å². The van der Waals surface area contributed by atoms with Crippen LogP contribution in [0.5, 0.6) is 0 Å². The highest BCUT2D eigenvalue weighted by atomic mass is 19.1. The first-order valence-electron chi connectivity index (χ1n) is 6.12. The lowest BCUT2D eigenvalue weighted by Gasteiger charge is -2.10. The number of urea groups is 1. The number of nitrogens with one attached hydrogen (secondary N) is 2. The summed E-state index contributed by atoms with van der Waals surface area (Å²) in [6, 6.07) is 4.61. The first-order valence-corrected chi connectivity index (χ1v) is 6.12. The predicted octanol–water partition coefficient (Wildman–Crippen LogP) is 1.54. The number of aromatic nitrogens is 2. The van der Waals surface area contributed by atoms with Gasteiger partial charge in [-0.2, -0.15) is 5.10 Å². The maximum Gasteiger partial charge on any atom is 0.337 e. The average Bonchev–Trinajstić information content (AvgIpc) is 2.94. The highest BCUT2D eigenvalue weighted by Crippen LogP contribution is 2.19. The molecule has 0 unspecified atom stereocenters. The molecule has 0 fully saturated rings. The fourth-order valence-electron chi connectivity index (χ4n) is 1.70. The second kappa shape index (κ2) is 6.51. The zero-order chi connectivity index (χ0) is 15.2. The van der Waals surface area contributed by atoms with E-state index >= 15 is 0 Å². The molecular weight excluding hydrogens is 279 g/mol. The summed E-state index contributed by atoms with van der Waals surface area (Å²) in [4.78, 5) is 22.6. The third-order valence-corrected chi connectivity index (χ3v) is 2.67. The van der Waals surface area contributed by atoms with E-state index in [1.165, 1.54) is 12.1 Å². The smallest absolute Gasteiger partial charge is 0.337 e. The van der Waals surface area contributed by atoms with Crippen LogP contribution in [0.1, 0.15) is 10.4 Å². The number of hydrogen-bond acceptors (Lipinski definition) is 3. The van der Waals surface area contributed by atoms with Gasteiger partial charge in [0.1, 0.15) is 5.82 Å². The Morgan fingerprint density at radius 2 is 2.14 bits per heavy atom. The van der Waals surface area contributed by atoms with E-state index in [0.717, 1.165) is 6.07 Å². The number of carboxylic acid groups (broad SMARTS) is 1. The molecule has 1 aromatic heterocycles. The van der Waals surface area contributed by atoms with Gasteiger partial charge in [0.15, 0.2) is 0 Å². The quantitative estimate of drug-likeness (QED) is 0.779. The van der Waals surface area contributed by atoms with Gasteiger partial charge in [-0.15, -0.1) is 0 Å². The first kappa shape index (κ1) is 14.5. The van der Waals surface area contributed by atoms with Gasteiger partial charge in [0.25, 0.3) is 0 Å². The van der Waals surface area contributed by atoms with Gasteiger partial charge in [-0.1, -0.05) is 6.07 Å². The molecule has 0 spiro atoms. The van der Waals surface area contributed by atoms with E-state index in [0.29, 0.717) is 6.54 Å². The Hall–Kier alpha value is -2.90. The van der Waals surface area contributed by atoms with Crippen molar-refractivity contribution in [2.24, 2.45) is 0 Å². The number of carboxylic acids is 1. The van der Waals surface area contributed by atoms with Crippen LogP contribution in [0.2, 0.25) is 0 Å². The molecule has 0 aliphatic carbocycles.